The van der Waals surface area contributed by atoms with E-state index in [0.29, 0.717) is 0 Å². The Morgan fingerprint density at radius 1 is 1.31 bits per heavy atom. The van der Waals surface area contributed by atoms with Crippen molar-refractivity contribution in [3.8, 4) is 0 Å². The van der Waals surface area contributed by atoms with Gasteiger partial charge in [0.1, 0.15) is 0 Å². The second-order valence-corrected chi connectivity index (χ2v) is 4.80. The molecule has 1 nitrogen and oxygen atoms in total. The standard InChI is InChI=1S/C14H17ClO/c1-10(16)12-7-8-13(14(15)9-12)11-5-3-2-4-6-11/h5,7-10,16H,2-4,6H2,1H3. The summed E-state index contributed by atoms with van der Waals surface area (Å²) in [5.41, 5.74) is 3.37. The Kier molecular flexibility index (Phi) is 3.67. The van der Waals surface area contributed by atoms with Gasteiger partial charge in [0, 0.05) is 5.02 Å². The van der Waals surface area contributed by atoms with E-state index >= 15 is 0 Å². The summed E-state index contributed by atoms with van der Waals surface area (Å²) in [5, 5.41) is 10.2. The van der Waals surface area contributed by atoms with Crippen molar-refractivity contribution in [3.63, 3.8) is 0 Å². The normalized spacial score (nSPS) is 18.1. The molecule has 2 heteroatoms. The second-order valence-electron chi connectivity index (χ2n) is 4.39. The smallest absolute Gasteiger partial charge is 0.0762 e. The van der Waals surface area contributed by atoms with Crippen molar-refractivity contribution in [2.24, 2.45) is 0 Å². The van der Waals surface area contributed by atoms with E-state index in [2.05, 4.69) is 6.08 Å². The number of halogens is 1. The summed E-state index contributed by atoms with van der Waals surface area (Å²) in [6.07, 6.45) is 6.64. The molecule has 1 aliphatic rings. The molecule has 0 saturated heterocycles. The predicted octanol–water partition coefficient (Wildman–Crippen LogP) is 4.35. The fourth-order valence-corrected chi connectivity index (χ4v) is 2.44. The lowest BCUT2D eigenvalue weighted by Gasteiger charge is -2.15. The first kappa shape index (κ1) is 11.7. The molecule has 1 aliphatic carbocycles. The van der Waals surface area contributed by atoms with E-state index in [9.17, 15) is 5.11 Å². The Balaban J connectivity index is 2.32. The maximum absolute atomic E-state index is 9.48. The van der Waals surface area contributed by atoms with Crippen LogP contribution in [0.3, 0.4) is 0 Å². The van der Waals surface area contributed by atoms with Crippen LogP contribution in [0.5, 0.6) is 0 Å². The molecular weight excluding hydrogens is 220 g/mol. The van der Waals surface area contributed by atoms with E-state index in [1.165, 1.54) is 18.4 Å². The average molecular weight is 237 g/mol. The van der Waals surface area contributed by atoms with E-state index in [-0.39, 0.29) is 0 Å². The van der Waals surface area contributed by atoms with Gasteiger partial charge in [-0.2, -0.15) is 0 Å². The molecule has 0 aromatic heterocycles. The Labute approximate surface area is 102 Å². The van der Waals surface area contributed by atoms with Gasteiger partial charge in [0.15, 0.2) is 0 Å². The van der Waals surface area contributed by atoms with Crippen molar-refractivity contribution in [2.45, 2.75) is 38.7 Å². The first-order chi connectivity index (χ1) is 7.68. The molecule has 16 heavy (non-hydrogen) atoms. The Hall–Kier alpha value is -0.790. The summed E-state index contributed by atoms with van der Waals surface area (Å²) >= 11 is 6.25. The lowest BCUT2D eigenvalue weighted by molar-refractivity contribution is 0.199. The van der Waals surface area contributed by atoms with Gasteiger partial charge in [-0.25, -0.2) is 0 Å². The third-order valence-corrected chi connectivity index (χ3v) is 3.43. The highest BCUT2D eigenvalue weighted by molar-refractivity contribution is 6.32. The number of hydrogen-bond donors (Lipinski definition) is 1. The topological polar surface area (TPSA) is 20.2 Å². The number of aliphatic hydroxyl groups excluding tert-OH is 1. The molecule has 0 bridgehead atoms. The monoisotopic (exact) mass is 236 g/mol. The maximum Gasteiger partial charge on any atom is 0.0762 e. The summed E-state index contributed by atoms with van der Waals surface area (Å²) in [6.45, 7) is 1.76. The molecular formula is C14H17ClO. The summed E-state index contributed by atoms with van der Waals surface area (Å²) < 4.78 is 0. The SMILES string of the molecule is CC(O)c1ccc(C2=CCCCC2)c(Cl)c1. The van der Waals surface area contributed by atoms with Crippen molar-refractivity contribution < 1.29 is 5.11 Å². The molecule has 0 amide bonds. The molecule has 1 aromatic carbocycles. The van der Waals surface area contributed by atoms with Gasteiger partial charge in [-0.1, -0.05) is 29.8 Å². The number of hydrogen-bond acceptors (Lipinski definition) is 1. The highest BCUT2D eigenvalue weighted by Gasteiger charge is 2.11. The molecule has 1 atom stereocenters. The van der Waals surface area contributed by atoms with Crippen LogP contribution in [0.4, 0.5) is 0 Å². The van der Waals surface area contributed by atoms with E-state index in [0.717, 1.165) is 29.0 Å². The van der Waals surface area contributed by atoms with Crippen LogP contribution in [0.1, 0.15) is 49.8 Å². The van der Waals surface area contributed by atoms with Gasteiger partial charge in [0.25, 0.3) is 0 Å². The van der Waals surface area contributed by atoms with Crippen molar-refractivity contribution in [3.05, 3.63) is 40.4 Å². The van der Waals surface area contributed by atoms with Crippen molar-refractivity contribution in [1.82, 2.24) is 0 Å². The van der Waals surface area contributed by atoms with Gasteiger partial charge < -0.3 is 5.11 Å². The number of rotatable bonds is 2. The second kappa shape index (κ2) is 5.03. The minimum atomic E-state index is -0.452. The lowest BCUT2D eigenvalue weighted by atomic mass is 9.93. The molecule has 0 saturated carbocycles. The zero-order valence-corrected chi connectivity index (χ0v) is 10.3. The van der Waals surface area contributed by atoms with Crippen LogP contribution >= 0.6 is 11.6 Å². The molecule has 86 valence electrons. The highest BCUT2D eigenvalue weighted by Crippen LogP contribution is 2.32. The van der Waals surface area contributed by atoms with Crippen LogP contribution < -0.4 is 0 Å². The Morgan fingerprint density at radius 2 is 2.12 bits per heavy atom. The molecule has 0 aliphatic heterocycles. The van der Waals surface area contributed by atoms with E-state index < -0.39 is 6.10 Å². The lowest BCUT2D eigenvalue weighted by Crippen LogP contribution is -1.95. The van der Waals surface area contributed by atoms with Gasteiger partial charge in [-0.3, -0.25) is 0 Å². The molecule has 0 fully saturated rings. The molecule has 0 heterocycles. The highest BCUT2D eigenvalue weighted by atomic mass is 35.5. The maximum atomic E-state index is 9.48. The molecule has 2 rings (SSSR count). The van der Waals surface area contributed by atoms with E-state index in [1.807, 2.05) is 18.2 Å². The number of allylic oxidation sites excluding steroid dienone is 2. The summed E-state index contributed by atoms with van der Waals surface area (Å²) in [6, 6.07) is 5.86. The summed E-state index contributed by atoms with van der Waals surface area (Å²) in [7, 11) is 0. The van der Waals surface area contributed by atoms with Crippen LogP contribution in [-0.4, -0.2) is 5.11 Å². The zero-order chi connectivity index (χ0) is 11.5. The van der Waals surface area contributed by atoms with Crippen molar-refractivity contribution in [1.29, 1.82) is 0 Å². The molecule has 0 spiro atoms. The van der Waals surface area contributed by atoms with E-state index in [1.54, 1.807) is 6.92 Å². The summed E-state index contributed by atoms with van der Waals surface area (Å²) in [4.78, 5) is 0. The zero-order valence-electron chi connectivity index (χ0n) is 9.54. The fraction of sp³-hybridized carbons (Fsp3) is 0.429. The first-order valence-corrected chi connectivity index (χ1v) is 6.23. The fourth-order valence-electron chi connectivity index (χ4n) is 2.13. The van der Waals surface area contributed by atoms with Gasteiger partial charge in [0.05, 0.1) is 6.10 Å². The van der Waals surface area contributed by atoms with Crippen molar-refractivity contribution in [2.75, 3.05) is 0 Å². The molecule has 0 radical (unpaired) electrons. The third-order valence-electron chi connectivity index (χ3n) is 3.11. The van der Waals surface area contributed by atoms with Crippen LogP contribution in [-0.2, 0) is 0 Å². The molecule has 1 unspecified atom stereocenters. The summed E-state index contributed by atoms with van der Waals surface area (Å²) in [5.74, 6) is 0. The van der Waals surface area contributed by atoms with Crippen molar-refractivity contribution >= 4 is 17.2 Å². The predicted molar refractivity (Wildman–Crippen MR) is 68.5 cm³/mol. The van der Waals surface area contributed by atoms with Gasteiger partial charge >= 0.3 is 0 Å². The third kappa shape index (κ3) is 2.47. The number of benzene rings is 1. The van der Waals surface area contributed by atoms with E-state index in [4.69, 9.17) is 11.6 Å². The van der Waals surface area contributed by atoms with Crippen LogP contribution in [0.25, 0.3) is 5.57 Å². The van der Waals surface area contributed by atoms with Gasteiger partial charge in [0.2, 0.25) is 0 Å². The van der Waals surface area contributed by atoms with Gasteiger partial charge in [-0.05, 0) is 55.4 Å². The number of aliphatic hydroxyl groups is 1. The minimum absolute atomic E-state index is 0.452. The van der Waals surface area contributed by atoms with Crippen LogP contribution in [0, 0.1) is 0 Å². The quantitative estimate of drug-likeness (QED) is 0.810. The largest absolute Gasteiger partial charge is 0.389 e. The Morgan fingerprint density at radius 3 is 2.69 bits per heavy atom. The minimum Gasteiger partial charge on any atom is -0.389 e. The first-order valence-electron chi connectivity index (χ1n) is 5.85. The molecule has 1 aromatic rings. The van der Waals surface area contributed by atoms with Crippen LogP contribution in [0.2, 0.25) is 5.02 Å². The molecule has 1 N–H and O–H groups in total. The Bertz CT molecular complexity index is 407. The van der Waals surface area contributed by atoms with Gasteiger partial charge in [-0.15, -0.1) is 0 Å². The van der Waals surface area contributed by atoms with Crippen LogP contribution in [0.15, 0.2) is 24.3 Å². The average Bonchev–Trinajstić information content (AvgIpc) is 2.30.